The third-order valence-corrected chi connectivity index (χ3v) is 3.91. The standard InChI is InChI=1S/C16H15N3S2/c1-11-7-9-13(10-8-11)19-14(12-5-3-2-4-6-12)17-15(20)18-16(19)21/h2-10,14H,1H3,(H2,17,18,20,21). The quantitative estimate of drug-likeness (QED) is 0.830. The maximum absolute atomic E-state index is 5.48. The fraction of sp³-hybridized carbons (Fsp3) is 0.125. The molecule has 1 saturated heterocycles. The van der Waals surface area contributed by atoms with Crippen molar-refractivity contribution in [2.45, 2.75) is 13.1 Å². The van der Waals surface area contributed by atoms with Crippen LogP contribution in [0, 0.1) is 6.92 Å². The second kappa shape index (κ2) is 5.79. The van der Waals surface area contributed by atoms with E-state index in [1.54, 1.807) is 0 Å². The Hall–Kier alpha value is -1.98. The molecule has 21 heavy (non-hydrogen) atoms. The molecular formula is C16H15N3S2. The average molecular weight is 313 g/mol. The number of thiocarbonyl (C=S) groups is 2. The van der Waals surface area contributed by atoms with Crippen molar-refractivity contribution in [3.8, 4) is 0 Å². The molecule has 1 fully saturated rings. The van der Waals surface area contributed by atoms with Gasteiger partial charge < -0.3 is 10.6 Å². The van der Waals surface area contributed by atoms with Crippen molar-refractivity contribution in [3.63, 3.8) is 0 Å². The van der Waals surface area contributed by atoms with Crippen LogP contribution in [0.3, 0.4) is 0 Å². The largest absolute Gasteiger partial charge is 0.338 e. The Kier molecular flexibility index (Phi) is 3.86. The summed E-state index contributed by atoms with van der Waals surface area (Å²) < 4.78 is 0. The predicted molar refractivity (Wildman–Crippen MR) is 94.3 cm³/mol. The van der Waals surface area contributed by atoms with Gasteiger partial charge in [-0.05, 0) is 49.1 Å². The van der Waals surface area contributed by atoms with E-state index < -0.39 is 0 Å². The second-order valence-electron chi connectivity index (χ2n) is 4.92. The molecule has 0 radical (unpaired) electrons. The summed E-state index contributed by atoms with van der Waals surface area (Å²) in [5.74, 6) is 0. The average Bonchev–Trinajstić information content (AvgIpc) is 2.49. The number of nitrogens with zero attached hydrogens (tertiary/aromatic N) is 1. The Morgan fingerprint density at radius 3 is 2.29 bits per heavy atom. The van der Waals surface area contributed by atoms with E-state index in [0.717, 1.165) is 11.3 Å². The first kappa shape index (κ1) is 14.0. The zero-order valence-corrected chi connectivity index (χ0v) is 13.2. The molecule has 106 valence electrons. The lowest BCUT2D eigenvalue weighted by Crippen LogP contribution is -2.59. The van der Waals surface area contributed by atoms with E-state index in [0.29, 0.717) is 10.2 Å². The molecule has 3 rings (SSSR count). The smallest absolute Gasteiger partial charge is 0.181 e. The lowest BCUT2D eigenvalue weighted by Gasteiger charge is -2.39. The van der Waals surface area contributed by atoms with Gasteiger partial charge in [0.15, 0.2) is 10.2 Å². The Labute approximate surface area is 135 Å². The number of hydrogen-bond donors (Lipinski definition) is 2. The highest BCUT2D eigenvalue weighted by molar-refractivity contribution is 7.82. The van der Waals surface area contributed by atoms with Crippen LogP contribution in [0.15, 0.2) is 54.6 Å². The third kappa shape index (κ3) is 2.89. The molecule has 1 heterocycles. The lowest BCUT2D eigenvalue weighted by atomic mass is 10.1. The monoisotopic (exact) mass is 313 g/mol. The zero-order chi connectivity index (χ0) is 14.8. The van der Waals surface area contributed by atoms with Crippen molar-refractivity contribution in [1.29, 1.82) is 0 Å². The van der Waals surface area contributed by atoms with Gasteiger partial charge in [0.25, 0.3) is 0 Å². The molecule has 0 aliphatic carbocycles. The van der Waals surface area contributed by atoms with Gasteiger partial charge >= 0.3 is 0 Å². The molecule has 2 N–H and O–H groups in total. The van der Waals surface area contributed by atoms with E-state index >= 15 is 0 Å². The first-order valence-electron chi connectivity index (χ1n) is 6.67. The molecule has 2 aromatic carbocycles. The molecular weight excluding hydrogens is 298 g/mol. The first-order valence-corrected chi connectivity index (χ1v) is 7.49. The minimum absolute atomic E-state index is 0.102. The van der Waals surface area contributed by atoms with Crippen molar-refractivity contribution in [2.24, 2.45) is 0 Å². The minimum atomic E-state index is -0.102. The van der Waals surface area contributed by atoms with Gasteiger partial charge in [0.05, 0.1) is 0 Å². The summed E-state index contributed by atoms with van der Waals surface area (Å²) in [6, 6.07) is 18.4. The minimum Gasteiger partial charge on any atom is -0.338 e. The normalized spacial score (nSPS) is 18.1. The van der Waals surface area contributed by atoms with Gasteiger partial charge in [-0.3, -0.25) is 4.90 Å². The lowest BCUT2D eigenvalue weighted by molar-refractivity contribution is 0.644. The number of benzene rings is 2. The van der Waals surface area contributed by atoms with E-state index in [2.05, 4.69) is 54.0 Å². The highest BCUT2D eigenvalue weighted by Gasteiger charge is 2.29. The Morgan fingerprint density at radius 1 is 0.952 bits per heavy atom. The van der Waals surface area contributed by atoms with Crippen LogP contribution in [0.5, 0.6) is 0 Å². The molecule has 2 aromatic rings. The van der Waals surface area contributed by atoms with Crippen molar-refractivity contribution >= 4 is 40.3 Å². The fourth-order valence-corrected chi connectivity index (χ4v) is 2.92. The number of anilines is 1. The van der Waals surface area contributed by atoms with Crippen molar-refractivity contribution in [2.75, 3.05) is 4.90 Å². The topological polar surface area (TPSA) is 27.3 Å². The van der Waals surface area contributed by atoms with E-state index in [1.165, 1.54) is 5.56 Å². The summed E-state index contributed by atoms with van der Waals surface area (Å²) in [5.41, 5.74) is 3.36. The maximum atomic E-state index is 5.48. The van der Waals surface area contributed by atoms with Gasteiger partial charge in [-0.25, -0.2) is 0 Å². The van der Waals surface area contributed by atoms with Gasteiger partial charge in [-0.2, -0.15) is 0 Å². The molecule has 3 nitrogen and oxygen atoms in total. The molecule has 0 spiro atoms. The number of hydrogen-bond acceptors (Lipinski definition) is 2. The summed E-state index contributed by atoms with van der Waals surface area (Å²) in [4.78, 5) is 2.04. The predicted octanol–water partition coefficient (Wildman–Crippen LogP) is 3.26. The summed E-state index contributed by atoms with van der Waals surface area (Å²) in [6.07, 6.45) is -0.102. The van der Waals surface area contributed by atoms with Gasteiger partial charge in [0.1, 0.15) is 6.17 Å². The summed E-state index contributed by atoms with van der Waals surface area (Å²) >= 11 is 10.7. The summed E-state index contributed by atoms with van der Waals surface area (Å²) in [7, 11) is 0. The van der Waals surface area contributed by atoms with Crippen LogP contribution in [0.1, 0.15) is 17.3 Å². The molecule has 1 aliphatic heterocycles. The zero-order valence-electron chi connectivity index (χ0n) is 11.5. The van der Waals surface area contributed by atoms with E-state index in [4.69, 9.17) is 24.4 Å². The highest BCUT2D eigenvalue weighted by atomic mass is 32.1. The van der Waals surface area contributed by atoms with E-state index in [1.807, 2.05) is 23.1 Å². The van der Waals surface area contributed by atoms with Crippen LogP contribution < -0.4 is 15.5 Å². The summed E-state index contributed by atoms with van der Waals surface area (Å²) in [5, 5.41) is 7.47. The number of aryl methyl sites for hydroxylation is 1. The molecule has 0 aromatic heterocycles. The Bertz CT molecular complexity index is 668. The van der Waals surface area contributed by atoms with Gasteiger partial charge in [-0.1, -0.05) is 48.0 Å². The van der Waals surface area contributed by atoms with Gasteiger partial charge in [-0.15, -0.1) is 0 Å². The van der Waals surface area contributed by atoms with E-state index in [-0.39, 0.29) is 6.17 Å². The second-order valence-corrected chi connectivity index (χ2v) is 5.72. The SMILES string of the molecule is Cc1ccc(N2C(=S)NC(=S)NC2c2ccccc2)cc1. The molecule has 1 aliphatic rings. The molecule has 0 amide bonds. The van der Waals surface area contributed by atoms with Crippen LogP contribution in [-0.4, -0.2) is 10.2 Å². The van der Waals surface area contributed by atoms with Crippen LogP contribution in [-0.2, 0) is 0 Å². The molecule has 0 saturated carbocycles. The Morgan fingerprint density at radius 2 is 1.62 bits per heavy atom. The third-order valence-electron chi connectivity index (χ3n) is 3.39. The van der Waals surface area contributed by atoms with Crippen molar-refractivity contribution in [3.05, 3.63) is 65.7 Å². The van der Waals surface area contributed by atoms with Gasteiger partial charge in [0, 0.05) is 5.69 Å². The van der Waals surface area contributed by atoms with Crippen LogP contribution in [0.25, 0.3) is 0 Å². The van der Waals surface area contributed by atoms with Gasteiger partial charge in [0.2, 0.25) is 0 Å². The molecule has 1 atom stereocenters. The van der Waals surface area contributed by atoms with Crippen LogP contribution in [0.4, 0.5) is 5.69 Å². The Balaban J connectivity index is 2.03. The molecule has 0 bridgehead atoms. The summed E-state index contributed by atoms with van der Waals surface area (Å²) in [6.45, 7) is 2.07. The highest BCUT2D eigenvalue weighted by Crippen LogP contribution is 2.27. The van der Waals surface area contributed by atoms with Crippen LogP contribution >= 0.6 is 24.4 Å². The van der Waals surface area contributed by atoms with E-state index in [9.17, 15) is 0 Å². The first-order chi connectivity index (χ1) is 10.1. The molecule has 1 unspecified atom stereocenters. The number of rotatable bonds is 2. The van der Waals surface area contributed by atoms with Crippen LogP contribution in [0.2, 0.25) is 0 Å². The molecule has 5 heteroatoms. The van der Waals surface area contributed by atoms with Crippen molar-refractivity contribution in [1.82, 2.24) is 10.6 Å². The maximum Gasteiger partial charge on any atom is 0.181 e. The fourth-order valence-electron chi connectivity index (χ4n) is 2.34. The number of nitrogens with one attached hydrogen (secondary N) is 2. The van der Waals surface area contributed by atoms with Crippen molar-refractivity contribution < 1.29 is 0 Å².